The van der Waals surface area contributed by atoms with Gasteiger partial charge in [0.2, 0.25) is 0 Å². The lowest BCUT2D eigenvalue weighted by atomic mass is 9.78. The van der Waals surface area contributed by atoms with Gasteiger partial charge in [-0.15, -0.1) is 0 Å². The fourth-order valence-corrected chi connectivity index (χ4v) is 2.59. The fourth-order valence-electron chi connectivity index (χ4n) is 2.35. The predicted octanol–water partition coefficient (Wildman–Crippen LogP) is 3.00. The first-order chi connectivity index (χ1) is 11.1. The van der Waals surface area contributed by atoms with Gasteiger partial charge >= 0.3 is 13.1 Å². The quantitative estimate of drug-likeness (QED) is 0.378. The maximum atomic E-state index is 11.8. The summed E-state index contributed by atoms with van der Waals surface area (Å²) in [5, 5.41) is 0. The highest BCUT2D eigenvalue weighted by Crippen LogP contribution is 2.39. The zero-order valence-corrected chi connectivity index (χ0v) is 15.6. The van der Waals surface area contributed by atoms with E-state index in [1.54, 1.807) is 12.1 Å². The van der Waals surface area contributed by atoms with Crippen molar-refractivity contribution < 1.29 is 18.8 Å². The maximum Gasteiger partial charge on any atom is 0.491 e. The Bertz CT molecular complexity index is 657. The summed E-state index contributed by atoms with van der Waals surface area (Å²) in [7, 11) is 0.847. The molecule has 1 aliphatic rings. The van der Waals surface area contributed by atoms with Crippen LogP contribution in [-0.4, -0.2) is 37.2 Å². The molecule has 0 aromatic heterocycles. The molecule has 2 N–H and O–H groups in total. The van der Waals surface area contributed by atoms with Crippen molar-refractivity contribution in [1.29, 1.82) is 0 Å². The molecule has 7 heteroatoms. The Hall–Kier alpha value is -1.44. The maximum absolute atomic E-state index is 11.8. The monoisotopic (exact) mass is 349 g/mol. The predicted molar refractivity (Wildman–Crippen MR) is 100 cm³/mol. The van der Waals surface area contributed by atoms with Gasteiger partial charge in [0.05, 0.1) is 23.9 Å². The second-order valence-electron chi connectivity index (χ2n) is 6.80. The first kappa shape index (κ1) is 18.9. The van der Waals surface area contributed by atoms with Crippen molar-refractivity contribution >= 4 is 37.5 Å². The van der Waals surface area contributed by atoms with E-state index in [1.807, 2.05) is 39.8 Å². The van der Waals surface area contributed by atoms with Crippen molar-refractivity contribution in [3.8, 4) is 0 Å². The van der Waals surface area contributed by atoms with Gasteiger partial charge in [0.15, 0.2) is 0 Å². The molecular formula is C17H24BNO4S. The minimum Gasteiger partial charge on any atom is -0.465 e. The normalized spacial score (nSPS) is 19.4. The third kappa shape index (κ3) is 3.63. The van der Waals surface area contributed by atoms with Crippen LogP contribution in [0.4, 0.5) is 5.69 Å². The Morgan fingerprint density at radius 2 is 1.88 bits per heavy atom. The first-order valence-electron chi connectivity index (χ1n) is 7.76. The van der Waals surface area contributed by atoms with E-state index < -0.39 is 24.3 Å². The molecule has 0 atom stereocenters. The van der Waals surface area contributed by atoms with Crippen LogP contribution in [0.2, 0.25) is 0 Å². The van der Waals surface area contributed by atoms with Gasteiger partial charge in [-0.2, -0.15) is 12.6 Å². The van der Waals surface area contributed by atoms with E-state index in [9.17, 15) is 4.79 Å². The van der Waals surface area contributed by atoms with Crippen LogP contribution in [0.25, 0.3) is 6.08 Å². The zero-order chi connectivity index (χ0) is 18.1. The minimum atomic E-state index is -0.480. The van der Waals surface area contributed by atoms with E-state index in [-0.39, 0.29) is 0 Å². The highest BCUT2D eigenvalue weighted by atomic mass is 32.1. The van der Waals surface area contributed by atoms with Gasteiger partial charge < -0.3 is 19.8 Å². The second kappa shape index (κ2) is 6.82. The Labute approximate surface area is 149 Å². The Kier molecular flexibility index (Phi) is 5.37. The Morgan fingerprint density at radius 1 is 1.29 bits per heavy atom. The lowest BCUT2D eigenvalue weighted by Crippen LogP contribution is -2.41. The van der Waals surface area contributed by atoms with Crippen molar-refractivity contribution in [1.82, 2.24) is 0 Å². The first-order valence-corrected chi connectivity index (χ1v) is 8.39. The third-order valence-corrected chi connectivity index (χ3v) is 4.94. The molecule has 0 saturated carbocycles. The molecule has 1 fully saturated rings. The van der Waals surface area contributed by atoms with Crippen LogP contribution in [-0.2, 0) is 14.0 Å². The van der Waals surface area contributed by atoms with E-state index in [0.29, 0.717) is 17.0 Å². The fraction of sp³-hybridized carbons (Fsp3) is 0.471. The molecule has 1 aromatic carbocycles. The van der Waals surface area contributed by atoms with Crippen LogP contribution >= 0.6 is 12.6 Å². The lowest BCUT2D eigenvalue weighted by molar-refractivity contribution is 0.00578. The van der Waals surface area contributed by atoms with E-state index in [0.717, 1.165) is 11.0 Å². The highest BCUT2D eigenvalue weighted by Gasteiger charge is 2.52. The number of ether oxygens (including phenoxy) is 1. The largest absolute Gasteiger partial charge is 0.491 e. The van der Waals surface area contributed by atoms with Gasteiger partial charge in [0.1, 0.15) is 0 Å². The number of rotatable bonds is 4. The molecule has 0 bridgehead atoms. The smallest absolute Gasteiger partial charge is 0.465 e. The summed E-state index contributed by atoms with van der Waals surface area (Å²) in [5.74, 6) is 0.000179. The molecule has 0 amide bonds. The number of esters is 1. The molecule has 1 heterocycles. The van der Waals surface area contributed by atoms with Crippen molar-refractivity contribution in [3.63, 3.8) is 0 Å². The van der Waals surface area contributed by atoms with Crippen molar-refractivity contribution in [2.75, 3.05) is 18.6 Å². The van der Waals surface area contributed by atoms with Crippen molar-refractivity contribution in [2.45, 2.75) is 38.9 Å². The number of benzene rings is 1. The van der Waals surface area contributed by atoms with Crippen LogP contribution in [0.15, 0.2) is 23.7 Å². The van der Waals surface area contributed by atoms with Gasteiger partial charge in [-0.1, -0.05) is 12.1 Å². The van der Waals surface area contributed by atoms with Gasteiger partial charge in [-0.05, 0) is 50.9 Å². The number of hydrogen-bond donors (Lipinski definition) is 2. The molecule has 0 radical (unpaired) electrons. The standard InChI is InChI=1S/C17H24BNO4S/c1-16(2)17(3,4)23-18(22-16)12(10-24)8-11-6-7-14(19)13(9-11)15(20)21-5/h6-9,24H,10,19H2,1-5H3. The van der Waals surface area contributed by atoms with E-state index in [1.165, 1.54) is 7.11 Å². The molecule has 2 rings (SSSR count). The van der Waals surface area contributed by atoms with E-state index in [2.05, 4.69) is 12.6 Å². The highest BCUT2D eigenvalue weighted by molar-refractivity contribution is 7.80. The van der Waals surface area contributed by atoms with Gasteiger partial charge in [-0.25, -0.2) is 4.79 Å². The lowest BCUT2D eigenvalue weighted by Gasteiger charge is -2.32. The number of carbonyl (C=O) groups excluding carboxylic acids is 1. The van der Waals surface area contributed by atoms with Gasteiger partial charge in [0, 0.05) is 11.4 Å². The Balaban J connectivity index is 2.34. The molecule has 130 valence electrons. The van der Waals surface area contributed by atoms with Crippen LogP contribution in [0, 0.1) is 0 Å². The number of anilines is 1. The number of carbonyl (C=O) groups is 1. The molecule has 24 heavy (non-hydrogen) atoms. The Morgan fingerprint density at radius 3 is 2.38 bits per heavy atom. The zero-order valence-electron chi connectivity index (χ0n) is 14.8. The third-order valence-electron chi connectivity index (χ3n) is 4.57. The van der Waals surface area contributed by atoms with Crippen LogP contribution in [0.1, 0.15) is 43.6 Å². The summed E-state index contributed by atoms with van der Waals surface area (Å²) in [5.41, 5.74) is 7.39. The van der Waals surface area contributed by atoms with Crippen LogP contribution in [0.5, 0.6) is 0 Å². The number of thiol groups is 1. The summed E-state index contributed by atoms with van der Waals surface area (Å²) in [6.45, 7) is 8.01. The second-order valence-corrected chi connectivity index (χ2v) is 7.12. The van der Waals surface area contributed by atoms with Gasteiger partial charge in [0.25, 0.3) is 0 Å². The molecule has 0 spiro atoms. The molecule has 5 nitrogen and oxygen atoms in total. The molecule has 1 aromatic rings. The SMILES string of the molecule is COC(=O)c1cc(C=C(CS)B2OC(C)(C)C(C)(C)O2)ccc1N. The summed E-state index contributed by atoms with van der Waals surface area (Å²) in [6.07, 6.45) is 1.90. The average Bonchev–Trinajstić information content (AvgIpc) is 2.73. The number of nitrogens with two attached hydrogens (primary N) is 1. The molecule has 1 aliphatic heterocycles. The summed E-state index contributed by atoms with van der Waals surface area (Å²) in [4.78, 5) is 11.8. The van der Waals surface area contributed by atoms with Crippen LogP contribution in [0.3, 0.4) is 0 Å². The number of hydrogen-bond acceptors (Lipinski definition) is 6. The molecular weight excluding hydrogens is 325 g/mol. The average molecular weight is 349 g/mol. The topological polar surface area (TPSA) is 70.8 Å². The van der Waals surface area contributed by atoms with Crippen molar-refractivity contribution in [3.05, 3.63) is 34.8 Å². The van der Waals surface area contributed by atoms with Crippen molar-refractivity contribution in [2.24, 2.45) is 0 Å². The number of methoxy groups -OCH3 is 1. The summed E-state index contributed by atoms with van der Waals surface area (Å²) in [6, 6.07) is 5.20. The van der Waals surface area contributed by atoms with E-state index >= 15 is 0 Å². The van der Waals surface area contributed by atoms with E-state index in [4.69, 9.17) is 19.8 Å². The van der Waals surface area contributed by atoms with Crippen LogP contribution < -0.4 is 5.73 Å². The summed E-state index contributed by atoms with van der Waals surface area (Å²) >= 11 is 4.40. The molecule has 0 aliphatic carbocycles. The van der Waals surface area contributed by atoms with Gasteiger partial charge in [-0.3, -0.25) is 0 Å². The molecule has 1 saturated heterocycles. The minimum absolute atomic E-state index is 0.332. The number of nitrogen functional groups attached to an aromatic ring is 1. The molecule has 0 unspecified atom stereocenters. The summed E-state index contributed by atoms with van der Waals surface area (Å²) < 4.78 is 16.9.